The second-order valence-electron chi connectivity index (χ2n) is 9.94. The third-order valence-electron chi connectivity index (χ3n) is 5.88. The molecule has 1 aromatic carbocycles. The van der Waals surface area contributed by atoms with E-state index in [1.54, 1.807) is 0 Å². The predicted molar refractivity (Wildman–Crippen MR) is 129 cm³/mol. The van der Waals surface area contributed by atoms with Crippen LogP contribution in [0.3, 0.4) is 0 Å². The number of carboxylic acids is 1. The molecule has 1 N–H and O–H groups in total. The molecule has 0 spiro atoms. The summed E-state index contributed by atoms with van der Waals surface area (Å²) in [5.74, 6) is 0.396. The van der Waals surface area contributed by atoms with Crippen molar-refractivity contribution >= 4 is 28.6 Å². The number of benzene rings is 1. The SMILES string of the molecule is CC(C)(C)CC1CC(c2nnn(C(CCCOCc3ccccc3)CC(=O)O)c2I)C1. The lowest BCUT2D eigenvalue weighted by Crippen LogP contribution is -2.27. The van der Waals surface area contributed by atoms with Crippen molar-refractivity contribution in [2.75, 3.05) is 6.61 Å². The first-order valence-corrected chi connectivity index (χ1v) is 12.2. The van der Waals surface area contributed by atoms with Crippen LogP contribution in [0.1, 0.15) is 82.5 Å². The Bertz CT molecular complexity index is 841. The van der Waals surface area contributed by atoms with Gasteiger partial charge >= 0.3 is 5.97 Å². The molecule has 0 amide bonds. The lowest BCUT2D eigenvalue weighted by Gasteiger charge is -2.38. The van der Waals surface area contributed by atoms with Gasteiger partial charge in [-0.25, -0.2) is 4.68 Å². The van der Waals surface area contributed by atoms with Crippen LogP contribution >= 0.6 is 22.6 Å². The van der Waals surface area contributed by atoms with Crippen molar-refractivity contribution in [3.05, 3.63) is 45.3 Å². The maximum absolute atomic E-state index is 11.5. The Morgan fingerprint density at radius 3 is 2.65 bits per heavy atom. The Kier molecular flexibility index (Phi) is 8.50. The molecule has 31 heavy (non-hydrogen) atoms. The molecule has 170 valence electrons. The van der Waals surface area contributed by atoms with Crippen LogP contribution in [0.5, 0.6) is 0 Å². The molecule has 1 heterocycles. The summed E-state index contributed by atoms with van der Waals surface area (Å²) in [5, 5.41) is 18.2. The quantitative estimate of drug-likeness (QED) is 0.288. The highest BCUT2D eigenvalue weighted by Crippen LogP contribution is 2.47. The van der Waals surface area contributed by atoms with Gasteiger partial charge in [-0.1, -0.05) is 56.3 Å². The van der Waals surface area contributed by atoms with E-state index in [9.17, 15) is 9.90 Å². The molecule has 0 radical (unpaired) electrons. The number of halogens is 1. The van der Waals surface area contributed by atoms with E-state index >= 15 is 0 Å². The van der Waals surface area contributed by atoms with Gasteiger partial charge in [0.05, 0.1) is 24.8 Å². The zero-order chi connectivity index (χ0) is 22.4. The largest absolute Gasteiger partial charge is 0.481 e. The molecule has 1 fully saturated rings. The van der Waals surface area contributed by atoms with Gasteiger partial charge in [0.25, 0.3) is 0 Å². The summed E-state index contributed by atoms with van der Waals surface area (Å²) < 4.78 is 8.59. The lowest BCUT2D eigenvalue weighted by molar-refractivity contribution is -0.138. The van der Waals surface area contributed by atoms with Gasteiger partial charge in [-0.15, -0.1) is 5.10 Å². The Morgan fingerprint density at radius 2 is 2.00 bits per heavy atom. The molecule has 7 heteroatoms. The highest BCUT2D eigenvalue weighted by Gasteiger charge is 2.36. The van der Waals surface area contributed by atoms with Crippen LogP contribution < -0.4 is 0 Å². The molecule has 0 aliphatic heterocycles. The maximum atomic E-state index is 11.5. The maximum Gasteiger partial charge on any atom is 0.305 e. The van der Waals surface area contributed by atoms with Crippen LogP contribution in [0.4, 0.5) is 0 Å². The smallest absolute Gasteiger partial charge is 0.305 e. The van der Waals surface area contributed by atoms with Gasteiger partial charge in [-0.3, -0.25) is 4.79 Å². The topological polar surface area (TPSA) is 77.2 Å². The minimum atomic E-state index is -0.808. The van der Waals surface area contributed by atoms with Crippen molar-refractivity contribution in [2.45, 2.75) is 77.9 Å². The van der Waals surface area contributed by atoms with Crippen molar-refractivity contribution < 1.29 is 14.6 Å². The molecule has 0 bridgehead atoms. The zero-order valence-electron chi connectivity index (χ0n) is 18.8. The van der Waals surface area contributed by atoms with E-state index in [0.29, 0.717) is 31.0 Å². The van der Waals surface area contributed by atoms with Crippen molar-refractivity contribution in [1.29, 1.82) is 0 Å². The summed E-state index contributed by atoms with van der Waals surface area (Å²) in [6.07, 6.45) is 5.09. The molecule has 2 aromatic rings. The molecule has 1 unspecified atom stereocenters. The summed E-state index contributed by atoms with van der Waals surface area (Å²) in [6, 6.07) is 9.87. The molecule has 0 saturated heterocycles. The fourth-order valence-corrected chi connectivity index (χ4v) is 5.51. The normalized spacial score (nSPS) is 19.7. The molecule has 1 atom stereocenters. The van der Waals surface area contributed by atoms with Gasteiger partial charge in [-0.2, -0.15) is 0 Å². The van der Waals surface area contributed by atoms with E-state index in [0.717, 1.165) is 40.1 Å². The zero-order valence-corrected chi connectivity index (χ0v) is 20.9. The number of ether oxygens (including phenoxy) is 1. The summed E-state index contributed by atoms with van der Waals surface area (Å²) in [5.41, 5.74) is 2.54. The van der Waals surface area contributed by atoms with Gasteiger partial charge < -0.3 is 9.84 Å². The molecule has 1 saturated carbocycles. The number of carboxylic acid groups (broad SMARTS) is 1. The molecular formula is C24H34IN3O3. The summed E-state index contributed by atoms with van der Waals surface area (Å²) >= 11 is 2.30. The lowest BCUT2D eigenvalue weighted by atomic mass is 9.67. The Balaban J connectivity index is 1.53. The Labute approximate surface area is 198 Å². The van der Waals surface area contributed by atoms with Crippen LogP contribution in [-0.2, 0) is 16.1 Å². The first-order chi connectivity index (χ1) is 14.7. The molecule has 3 rings (SSSR count). The van der Waals surface area contributed by atoms with Crippen molar-refractivity contribution in [3.8, 4) is 0 Å². The number of hydrogen-bond donors (Lipinski definition) is 1. The molecule has 1 aliphatic rings. The molecular weight excluding hydrogens is 505 g/mol. The third kappa shape index (κ3) is 7.27. The van der Waals surface area contributed by atoms with Gasteiger partial charge in [0.2, 0.25) is 0 Å². The van der Waals surface area contributed by atoms with Gasteiger partial charge in [0.1, 0.15) is 3.70 Å². The minimum absolute atomic E-state index is 0.0504. The Hall–Kier alpha value is -1.48. The Morgan fingerprint density at radius 1 is 1.29 bits per heavy atom. The first-order valence-electron chi connectivity index (χ1n) is 11.2. The second kappa shape index (κ2) is 10.9. The van der Waals surface area contributed by atoms with E-state index < -0.39 is 5.97 Å². The van der Waals surface area contributed by atoms with E-state index in [1.807, 2.05) is 35.0 Å². The van der Waals surface area contributed by atoms with Crippen molar-refractivity contribution in [3.63, 3.8) is 0 Å². The number of aliphatic carboxylic acids is 1. The van der Waals surface area contributed by atoms with E-state index in [-0.39, 0.29) is 12.5 Å². The second-order valence-corrected chi connectivity index (χ2v) is 11.0. The summed E-state index contributed by atoms with van der Waals surface area (Å²) in [4.78, 5) is 11.5. The number of hydrogen-bond acceptors (Lipinski definition) is 4. The number of nitrogens with zero attached hydrogens (tertiary/aromatic N) is 3. The average molecular weight is 539 g/mol. The third-order valence-corrected chi connectivity index (χ3v) is 6.93. The summed E-state index contributed by atoms with van der Waals surface area (Å²) in [6.45, 7) is 8.05. The van der Waals surface area contributed by atoms with Crippen molar-refractivity contribution in [1.82, 2.24) is 15.0 Å². The van der Waals surface area contributed by atoms with Crippen molar-refractivity contribution in [2.24, 2.45) is 11.3 Å². The monoisotopic (exact) mass is 539 g/mol. The number of aromatic nitrogens is 3. The van der Waals surface area contributed by atoms with Gasteiger partial charge in [0, 0.05) is 12.5 Å². The van der Waals surface area contributed by atoms with Gasteiger partial charge in [0.15, 0.2) is 0 Å². The van der Waals surface area contributed by atoms with Crippen LogP contribution in [-0.4, -0.2) is 32.7 Å². The van der Waals surface area contributed by atoms with E-state index in [4.69, 9.17) is 4.74 Å². The fourth-order valence-electron chi connectivity index (χ4n) is 4.47. The predicted octanol–water partition coefficient (Wildman–Crippen LogP) is 5.83. The first kappa shape index (κ1) is 24.2. The highest BCUT2D eigenvalue weighted by molar-refractivity contribution is 14.1. The molecule has 6 nitrogen and oxygen atoms in total. The number of rotatable bonds is 11. The van der Waals surface area contributed by atoms with Crippen LogP contribution in [0.15, 0.2) is 30.3 Å². The minimum Gasteiger partial charge on any atom is -0.481 e. The van der Waals surface area contributed by atoms with Gasteiger partial charge in [-0.05, 0) is 71.6 Å². The number of carbonyl (C=O) groups is 1. The summed E-state index contributed by atoms with van der Waals surface area (Å²) in [7, 11) is 0. The molecule has 1 aromatic heterocycles. The average Bonchev–Trinajstić information content (AvgIpc) is 3.04. The van der Waals surface area contributed by atoms with Crippen LogP contribution in [0, 0.1) is 15.0 Å². The molecule has 1 aliphatic carbocycles. The van der Waals surface area contributed by atoms with Crippen LogP contribution in [0.25, 0.3) is 0 Å². The highest BCUT2D eigenvalue weighted by atomic mass is 127. The van der Waals surface area contributed by atoms with Crippen LogP contribution in [0.2, 0.25) is 0 Å². The fraction of sp³-hybridized carbons (Fsp3) is 0.625. The van der Waals surface area contributed by atoms with E-state index in [2.05, 4.69) is 53.7 Å². The standard InChI is InChI=1S/C24H34IN3O3/c1-24(2,3)15-18-12-19(13-18)22-23(25)28(27-26-22)20(14-21(29)30)10-7-11-31-16-17-8-5-4-6-9-17/h4-6,8-9,18-20H,7,10-16H2,1-3H3,(H,29,30). The van der Waals surface area contributed by atoms with E-state index in [1.165, 1.54) is 6.42 Å².